The summed E-state index contributed by atoms with van der Waals surface area (Å²) in [6.07, 6.45) is 7.10. The average Bonchev–Trinajstić information content (AvgIpc) is 3.46. The molecule has 0 aliphatic carbocycles. The van der Waals surface area contributed by atoms with Gasteiger partial charge in [0.15, 0.2) is 0 Å². The number of nitrogens with zero attached hydrogens (tertiary/aromatic N) is 2. The van der Waals surface area contributed by atoms with E-state index in [1.807, 2.05) is 34.1 Å². The highest BCUT2D eigenvalue weighted by Gasteiger charge is 2.27. The summed E-state index contributed by atoms with van der Waals surface area (Å²) in [6, 6.07) is 9.17. The van der Waals surface area contributed by atoms with Crippen LogP contribution in [0.3, 0.4) is 0 Å². The number of benzene rings is 1. The predicted octanol–water partition coefficient (Wildman–Crippen LogP) is 3.45. The summed E-state index contributed by atoms with van der Waals surface area (Å²) >= 11 is 0. The number of rotatable bonds is 5. The molecule has 3 heterocycles. The van der Waals surface area contributed by atoms with Gasteiger partial charge in [-0.15, -0.1) is 0 Å². The van der Waals surface area contributed by atoms with Crippen LogP contribution in [0.2, 0.25) is 0 Å². The Morgan fingerprint density at radius 3 is 2.57 bits per heavy atom. The van der Waals surface area contributed by atoms with Gasteiger partial charge in [0.1, 0.15) is 12.0 Å². The van der Waals surface area contributed by atoms with Gasteiger partial charge in [0, 0.05) is 32.1 Å². The Hall–Kier alpha value is -2.76. The number of likely N-dealkylation sites (tertiary alicyclic amines) is 2. The molecule has 2 aliphatic rings. The lowest BCUT2D eigenvalue weighted by Gasteiger charge is -2.32. The lowest BCUT2D eigenvalue weighted by atomic mass is 9.98. The molecule has 0 N–H and O–H groups in total. The Balaban J connectivity index is 1.38. The number of carbonyl (C=O) groups is 2. The first-order valence-electron chi connectivity index (χ1n) is 10.0. The molecular formula is C22H26N2O4. The van der Waals surface area contributed by atoms with Crippen LogP contribution in [0.5, 0.6) is 5.75 Å². The zero-order valence-electron chi connectivity index (χ0n) is 16.0. The van der Waals surface area contributed by atoms with Crippen molar-refractivity contribution in [2.45, 2.75) is 25.7 Å². The van der Waals surface area contributed by atoms with E-state index in [1.165, 1.54) is 12.5 Å². The van der Waals surface area contributed by atoms with Crippen molar-refractivity contribution in [3.63, 3.8) is 0 Å². The highest BCUT2D eigenvalue weighted by molar-refractivity contribution is 5.97. The number of ether oxygens (including phenoxy) is 1. The third kappa shape index (κ3) is 4.06. The van der Waals surface area contributed by atoms with Gasteiger partial charge in [0.05, 0.1) is 24.0 Å². The van der Waals surface area contributed by atoms with E-state index in [-0.39, 0.29) is 17.7 Å². The van der Waals surface area contributed by atoms with E-state index in [9.17, 15) is 9.59 Å². The molecule has 0 spiro atoms. The second-order valence-electron chi connectivity index (χ2n) is 7.58. The molecule has 0 bridgehead atoms. The molecule has 1 aromatic carbocycles. The second-order valence-corrected chi connectivity index (χ2v) is 7.58. The smallest absolute Gasteiger partial charge is 0.257 e. The number of piperidine rings is 1. The van der Waals surface area contributed by atoms with Crippen LogP contribution in [0.4, 0.5) is 0 Å². The summed E-state index contributed by atoms with van der Waals surface area (Å²) in [6.45, 7) is 3.55. The maximum atomic E-state index is 12.8. The van der Waals surface area contributed by atoms with Gasteiger partial charge >= 0.3 is 0 Å². The normalized spacial score (nSPS) is 19.6. The Labute approximate surface area is 165 Å². The van der Waals surface area contributed by atoms with Gasteiger partial charge in [-0.3, -0.25) is 9.59 Å². The number of hydrogen-bond donors (Lipinski definition) is 0. The van der Waals surface area contributed by atoms with E-state index in [0.29, 0.717) is 30.0 Å². The molecule has 2 saturated heterocycles. The Bertz CT molecular complexity index is 812. The third-order valence-electron chi connectivity index (χ3n) is 5.56. The molecule has 2 fully saturated rings. The van der Waals surface area contributed by atoms with Crippen LogP contribution >= 0.6 is 0 Å². The van der Waals surface area contributed by atoms with Crippen LogP contribution in [0.25, 0.3) is 0 Å². The van der Waals surface area contributed by atoms with Crippen molar-refractivity contribution in [2.24, 2.45) is 5.92 Å². The molecule has 0 saturated carbocycles. The average molecular weight is 382 g/mol. The molecule has 0 radical (unpaired) electrons. The van der Waals surface area contributed by atoms with Crippen molar-refractivity contribution < 1.29 is 18.7 Å². The van der Waals surface area contributed by atoms with Gasteiger partial charge in [-0.25, -0.2) is 0 Å². The predicted molar refractivity (Wildman–Crippen MR) is 104 cm³/mol. The number of amides is 2. The maximum absolute atomic E-state index is 12.8. The van der Waals surface area contributed by atoms with Gasteiger partial charge in [0.2, 0.25) is 0 Å². The largest absolute Gasteiger partial charge is 0.492 e. The fourth-order valence-electron chi connectivity index (χ4n) is 4.02. The zero-order valence-corrected chi connectivity index (χ0v) is 16.0. The van der Waals surface area contributed by atoms with E-state index in [0.717, 1.165) is 45.3 Å². The summed E-state index contributed by atoms with van der Waals surface area (Å²) in [4.78, 5) is 29.1. The molecule has 2 aromatic rings. The quantitative estimate of drug-likeness (QED) is 0.795. The fourth-order valence-corrected chi connectivity index (χ4v) is 4.02. The number of carbonyl (C=O) groups excluding carboxylic acids is 2. The second kappa shape index (κ2) is 8.50. The maximum Gasteiger partial charge on any atom is 0.257 e. The minimum atomic E-state index is 0.00283. The van der Waals surface area contributed by atoms with Gasteiger partial charge in [-0.05, 0) is 43.9 Å². The SMILES string of the molecule is O=C(c1ccoc1)N1CCCC(COc2ccccc2C(=O)N2CCCC2)C1. The highest BCUT2D eigenvalue weighted by atomic mass is 16.5. The summed E-state index contributed by atoms with van der Waals surface area (Å²) in [7, 11) is 0. The van der Waals surface area contributed by atoms with E-state index >= 15 is 0 Å². The molecule has 4 rings (SSSR count). The van der Waals surface area contributed by atoms with E-state index in [2.05, 4.69) is 0 Å². The summed E-state index contributed by atoms with van der Waals surface area (Å²) in [5.74, 6) is 0.939. The summed E-state index contributed by atoms with van der Waals surface area (Å²) < 4.78 is 11.1. The van der Waals surface area contributed by atoms with Crippen LogP contribution < -0.4 is 4.74 Å². The van der Waals surface area contributed by atoms with E-state index < -0.39 is 0 Å². The lowest BCUT2D eigenvalue weighted by Crippen LogP contribution is -2.41. The van der Waals surface area contributed by atoms with Crippen molar-refractivity contribution in [2.75, 3.05) is 32.8 Å². The fraction of sp³-hybridized carbons (Fsp3) is 0.455. The minimum absolute atomic E-state index is 0.00283. The van der Waals surface area contributed by atoms with Crippen molar-refractivity contribution in [1.82, 2.24) is 9.80 Å². The standard InChI is InChI=1S/C22H26N2O4/c25-21(18-9-13-27-16-18)24-12-5-6-17(14-24)15-28-20-8-2-1-7-19(20)22(26)23-10-3-4-11-23/h1-2,7-9,13,16-17H,3-6,10-12,14-15H2. The molecule has 148 valence electrons. The molecule has 1 atom stereocenters. The van der Waals surface area contributed by atoms with Crippen LogP contribution in [0.1, 0.15) is 46.4 Å². The molecule has 6 heteroatoms. The van der Waals surface area contributed by atoms with Crippen molar-refractivity contribution >= 4 is 11.8 Å². The first-order valence-corrected chi connectivity index (χ1v) is 10.0. The van der Waals surface area contributed by atoms with Crippen molar-refractivity contribution in [1.29, 1.82) is 0 Å². The number of para-hydroxylation sites is 1. The first-order chi connectivity index (χ1) is 13.7. The van der Waals surface area contributed by atoms with Crippen LogP contribution in [0.15, 0.2) is 47.3 Å². The van der Waals surface area contributed by atoms with E-state index in [4.69, 9.17) is 9.15 Å². The summed E-state index contributed by atoms with van der Waals surface area (Å²) in [5.41, 5.74) is 1.22. The molecule has 1 aromatic heterocycles. The van der Waals surface area contributed by atoms with Gasteiger partial charge in [-0.1, -0.05) is 12.1 Å². The van der Waals surface area contributed by atoms with Crippen LogP contribution in [-0.4, -0.2) is 54.4 Å². The number of furan rings is 1. The molecule has 1 unspecified atom stereocenters. The summed E-state index contributed by atoms with van der Waals surface area (Å²) in [5, 5.41) is 0. The first kappa shape index (κ1) is 18.6. The Morgan fingerprint density at radius 1 is 1.00 bits per heavy atom. The number of hydrogen-bond acceptors (Lipinski definition) is 4. The molecule has 6 nitrogen and oxygen atoms in total. The van der Waals surface area contributed by atoms with Gasteiger partial charge in [-0.2, -0.15) is 0 Å². The Kier molecular flexibility index (Phi) is 5.65. The van der Waals surface area contributed by atoms with Crippen molar-refractivity contribution in [3.05, 3.63) is 54.0 Å². The molecule has 28 heavy (non-hydrogen) atoms. The molecule has 2 amide bonds. The van der Waals surface area contributed by atoms with Gasteiger partial charge < -0.3 is 19.0 Å². The highest BCUT2D eigenvalue weighted by Crippen LogP contribution is 2.25. The zero-order chi connectivity index (χ0) is 19.3. The van der Waals surface area contributed by atoms with Crippen LogP contribution in [-0.2, 0) is 0 Å². The van der Waals surface area contributed by atoms with Crippen molar-refractivity contribution in [3.8, 4) is 5.75 Å². The molecular weight excluding hydrogens is 356 g/mol. The van der Waals surface area contributed by atoms with Gasteiger partial charge in [0.25, 0.3) is 11.8 Å². The monoisotopic (exact) mass is 382 g/mol. The topological polar surface area (TPSA) is 63.0 Å². The minimum Gasteiger partial charge on any atom is -0.492 e. The van der Waals surface area contributed by atoms with E-state index in [1.54, 1.807) is 6.07 Å². The third-order valence-corrected chi connectivity index (χ3v) is 5.56. The lowest BCUT2D eigenvalue weighted by molar-refractivity contribution is 0.0631. The molecule has 2 aliphatic heterocycles. The van der Waals surface area contributed by atoms with Crippen LogP contribution in [0, 0.1) is 5.92 Å². The Morgan fingerprint density at radius 2 is 1.79 bits per heavy atom.